The second kappa shape index (κ2) is 6.43. The van der Waals surface area contributed by atoms with Crippen LogP contribution in [-0.2, 0) is 12.0 Å². The molecule has 2 nitrogen and oxygen atoms in total. The van der Waals surface area contributed by atoms with Gasteiger partial charge in [0.2, 0.25) is 0 Å². The van der Waals surface area contributed by atoms with Gasteiger partial charge in [-0.1, -0.05) is 68.4 Å². The van der Waals surface area contributed by atoms with Gasteiger partial charge < -0.3 is 10.5 Å². The van der Waals surface area contributed by atoms with Crippen molar-refractivity contribution in [2.75, 3.05) is 6.54 Å². The van der Waals surface area contributed by atoms with Crippen LogP contribution in [0.4, 0.5) is 0 Å². The first-order valence-corrected chi connectivity index (χ1v) is 8.00. The number of ether oxygens (including phenoxy) is 1. The fraction of sp³-hybridized carbons (Fsp3) is 0.238. The molecule has 23 heavy (non-hydrogen) atoms. The minimum Gasteiger partial charge on any atom is -0.489 e. The molecule has 2 heteroatoms. The largest absolute Gasteiger partial charge is 0.489 e. The lowest BCUT2D eigenvalue weighted by Crippen LogP contribution is -2.28. The summed E-state index contributed by atoms with van der Waals surface area (Å²) in [5.41, 5.74) is 8.35. The molecular formula is C21H23NO. The fourth-order valence-corrected chi connectivity index (χ4v) is 2.78. The number of hydrogen-bond donors (Lipinski definition) is 1. The summed E-state index contributed by atoms with van der Waals surface area (Å²) in [6, 6.07) is 22.9. The summed E-state index contributed by atoms with van der Waals surface area (Å²) < 4.78 is 5.97. The van der Waals surface area contributed by atoms with Crippen LogP contribution in [-0.4, -0.2) is 6.54 Å². The molecule has 0 aliphatic rings. The molecule has 0 unspecified atom stereocenters. The Morgan fingerprint density at radius 2 is 1.70 bits per heavy atom. The Kier molecular flexibility index (Phi) is 4.35. The van der Waals surface area contributed by atoms with E-state index in [0.717, 1.165) is 5.75 Å². The molecule has 0 bridgehead atoms. The quantitative estimate of drug-likeness (QED) is 0.744. The maximum Gasteiger partial charge on any atom is 0.120 e. The highest BCUT2D eigenvalue weighted by molar-refractivity contribution is 5.88. The van der Waals surface area contributed by atoms with E-state index in [9.17, 15) is 0 Å². The summed E-state index contributed by atoms with van der Waals surface area (Å²) in [5, 5.41) is 2.43. The van der Waals surface area contributed by atoms with Crippen molar-refractivity contribution >= 4 is 10.8 Å². The molecule has 2 N–H and O–H groups in total. The lowest BCUT2D eigenvalue weighted by atomic mass is 9.82. The summed E-state index contributed by atoms with van der Waals surface area (Å²) in [4.78, 5) is 0. The molecule has 0 aliphatic carbocycles. The van der Waals surface area contributed by atoms with Gasteiger partial charge in [0.15, 0.2) is 0 Å². The standard InChI is InChI=1S/C21H23NO/c1-21(2,15-22)20-10-6-9-17-11-12-18(13-19(17)20)23-14-16-7-4-3-5-8-16/h3-13H,14-15,22H2,1-2H3. The fourth-order valence-electron chi connectivity index (χ4n) is 2.78. The van der Waals surface area contributed by atoms with Crippen LogP contribution >= 0.6 is 0 Å². The maximum absolute atomic E-state index is 5.97. The Labute approximate surface area is 137 Å². The lowest BCUT2D eigenvalue weighted by molar-refractivity contribution is 0.306. The van der Waals surface area contributed by atoms with Gasteiger partial charge in [-0.2, -0.15) is 0 Å². The molecule has 0 amide bonds. The van der Waals surface area contributed by atoms with Gasteiger partial charge in [0.05, 0.1) is 0 Å². The van der Waals surface area contributed by atoms with Crippen LogP contribution in [0.5, 0.6) is 5.75 Å². The van der Waals surface area contributed by atoms with Gasteiger partial charge in [0.25, 0.3) is 0 Å². The smallest absolute Gasteiger partial charge is 0.120 e. The summed E-state index contributed by atoms with van der Waals surface area (Å²) in [5.74, 6) is 0.890. The van der Waals surface area contributed by atoms with Crippen molar-refractivity contribution in [3.63, 3.8) is 0 Å². The number of hydrogen-bond acceptors (Lipinski definition) is 2. The SMILES string of the molecule is CC(C)(CN)c1cccc2ccc(OCc3ccccc3)cc12. The number of benzene rings is 3. The first kappa shape index (κ1) is 15.6. The normalized spacial score (nSPS) is 11.6. The van der Waals surface area contributed by atoms with Gasteiger partial charge in [0.1, 0.15) is 12.4 Å². The molecule has 0 fully saturated rings. The Balaban J connectivity index is 1.93. The van der Waals surface area contributed by atoms with Crippen LogP contribution in [0.1, 0.15) is 25.0 Å². The van der Waals surface area contributed by atoms with E-state index in [0.29, 0.717) is 13.2 Å². The topological polar surface area (TPSA) is 35.2 Å². The first-order chi connectivity index (χ1) is 11.1. The number of rotatable bonds is 5. The highest BCUT2D eigenvalue weighted by atomic mass is 16.5. The maximum atomic E-state index is 5.97. The van der Waals surface area contributed by atoms with Crippen molar-refractivity contribution in [2.24, 2.45) is 5.73 Å². The summed E-state index contributed by atoms with van der Waals surface area (Å²) in [7, 11) is 0. The van der Waals surface area contributed by atoms with E-state index in [1.807, 2.05) is 24.3 Å². The van der Waals surface area contributed by atoms with Gasteiger partial charge in [-0.25, -0.2) is 0 Å². The molecule has 3 aromatic rings. The van der Waals surface area contributed by atoms with Gasteiger partial charge in [-0.15, -0.1) is 0 Å². The Hall–Kier alpha value is -2.32. The van der Waals surface area contributed by atoms with Crippen molar-refractivity contribution in [3.8, 4) is 5.75 Å². The van der Waals surface area contributed by atoms with E-state index >= 15 is 0 Å². The van der Waals surface area contributed by atoms with E-state index in [2.05, 4.69) is 56.3 Å². The zero-order valence-corrected chi connectivity index (χ0v) is 13.8. The second-order valence-corrected chi connectivity index (χ2v) is 6.55. The summed E-state index contributed by atoms with van der Waals surface area (Å²) in [6.45, 7) is 5.55. The molecule has 3 aromatic carbocycles. The zero-order chi connectivity index (χ0) is 16.3. The second-order valence-electron chi connectivity index (χ2n) is 6.55. The molecule has 3 rings (SSSR count). The third-order valence-electron chi connectivity index (χ3n) is 4.34. The molecule has 0 saturated heterocycles. The molecular weight excluding hydrogens is 282 g/mol. The summed E-state index contributed by atoms with van der Waals surface area (Å²) >= 11 is 0. The first-order valence-electron chi connectivity index (χ1n) is 8.00. The minimum atomic E-state index is -0.0580. The van der Waals surface area contributed by atoms with Gasteiger partial charge in [0, 0.05) is 12.0 Å². The Morgan fingerprint density at radius 3 is 2.43 bits per heavy atom. The lowest BCUT2D eigenvalue weighted by Gasteiger charge is -2.25. The Morgan fingerprint density at radius 1 is 0.913 bits per heavy atom. The van der Waals surface area contributed by atoms with E-state index in [4.69, 9.17) is 10.5 Å². The molecule has 0 heterocycles. The molecule has 118 valence electrons. The van der Waals surface area contributed by atoms with E-state index in [-0.39, 0.29) is 5.41 Å². The van der Waals surface area contributed by atoms with Gasteiger partial charge >= 0.3 is 0 Å². The van der Waals surface area contributed by atoms with Crippen LogP contribution in [0, 0.1) is 0 Å². The molecule has 0 saturated carbocycles. The van der Waals surface area contributed by atoms with E-state index < -0.39 is 0 Å². The van der Waals surface area contributed by atoms with Crippen LogP contribution in [0.25, 0.3) is 10.8 Å². The van der Waals surface area contributed by atoms with Crippen molar-refractivity contribution < 1.29 is 4.74 Å². The average molecular weight is 305 g/mol. The monoisotopic (exact) mass is 305 g/mol. The third-order valence-corrected chi connectivity index (χ3v) is 4.34. The molecule has 0 spiro atoms. The number of fused-ring (bicyclic) bond motifs is 1. The van der Waals surface area contributed by atoms with Gasteiger partial charge in [-0.3, -0.25) is 0 Å². The van der Waals surface area contributed by atoms with E-state index in [1.54, 1.807) is 0 Å². The van der Waals surface area contributed by atoms with Crippen LogP contribution < -0.4 is 10.5 Å². The summed E-state index contributed by atoms with van der Waals surface area (Å²) in [6.07, 6.45) is 0. The molecule has 0 atom stereocenters. The van der Waals surface area contributed by atoms with Gasteiger partial charge in [-0.05, 0) is 34.0 Å². The average Bonchev–Trinajstić information content (AvgIpc) is 2.60. The number of nitrogens with two attached hydrogens (primary N) is 1. The Bertz CT molecular complexity index is 793. The highest BCUT2D eigenvalue weighted by Gasteiger charge is 2.20. The zero-order valence-electron chi connectivity index (χ0n) is 13.8. The van der Waals surface area contributed by atoms with Crippen molar-refractivity contribution in [3.05, 3.63) is 77.9 Å². The van der Waals surface area contributed by atoms with Crippen LogP contribution in [0.15, 0.2) is 66.7 Å². The van der Waals surface area contributed by atoms with Crippen molar-refractivity contribution in [2.45, 2.75) is 25.9 Å². The molecule has 0 aromatic heterocycles. The molecule has 0 aliphatic heterocycles. The van der Waals surface area contributed by atoms with Crippen molar-refractivity contribution in [1.29, 1.82) is 0 Å². The highest BCUT2D eigenvalue weighted by Crippen LogP contribution is 2.32. The van der Waals surface area contributed by atoms with Crippen molar-refractivity contribution in [1.82, 2.24) is 0 Å². The predicted molar refractivity (Wildman–Crippen MR) is 96.8 cm³/mol. The van der Waals surface area contributed by atoms with E-state index in [1.165, 1.54) is 21.9 Å². The predicted octanol–water partition coefficient (Wildman–Crippen LogP) is 4.66. The minimum absolute atomic E-state index is 0.0580. The molecule has 0 radical (unpaired) electrons. The van der Waals surface area contributed by atoms with Crippen LogP contribution in [0.2, 0.25) is 0 Å². The third kappa shape index (κ3) is 3.38. The van der Waals surface area contributed by atoms with Crippen LogP contribution in [0.3, 0.4) is 0 Å².